The van der Waals surface area contributed by atoms with Crippen LogP contribution in [0.4, 0.5) is 17.6 Å². The summed E-state index contributed by atoms with van der Waals surface area (Å²) < 4.78 is 5.19. The van der Waals surface area contributed by atoms with Crippen molar-refractivity contribution in [3.05, 3.63) is 58.5 Å². The molecule has 0 atom stereocenters. The van der Waals surface area contributed by atoms with Gasteiger partial charge in [0.2, 0.25) is 11.9 Å². The number of nitrogens with zero attached hydrogens (tertiary/aromatic N) is 3. The first-order valence-corrected chi connectivity index (χ1v) is 8.12. The van der Waals surface area contributed by atoms with Crippen LogP contribution in [0.15, 0.2) is 47.2 Å². The van der Waals surface area contributed by atoms with Crippen LogP contribution in [0.3, 0.4) is 0 Å². The van der Waals surface area contributed by atoms with Gasteiger partial charge in [0, 0.05) is 5.69 Å². The topological polar surface area (TPSA) is 103 Å². The second kappa shape index (κ2) is 7.51. The van der Waals surface area contributed by atoms with Gasteiger partial charge >= 0.3 is 5.97 Å². The van der Waals surface area contributed by atoms with E-state index in [4.69, 9.17) is 10.5 Å². The molecule has 0 bridgehead atoms. The molecule has 122 valence electrons. The van der Waals surface area contributed by atoms with Gasteiger partial charge in [-0.2, -0.15) is 26.3 Å². The van der Waals surface area contributed by atoms with Gasteiger partial charge in [-0.3, -0.25) is 4.79 Å². The van der Waals surface area contributed by atoms with Crippen LogP contribution in [0.2, 0.25) is 0 Å². The summed E-state index contributed by atoms with van der Waals surface area (Å²) in [6, 6.07) is 11.3. The van der Waals surface area contributed by atoms with Crippen LogP contribution in [-0.4, -0.2) is 20.9 Å². The van der Waals surface area contributed by atoms with E-state index < -0.39 is 0 Å². The molecule has 0 spiro atoms. The summed E-state index contributed by atoms with van der Waals surface area (Å²) in [6.45, 7) is -0.0564. The predicted molar refractivity (Wildman–Crippen MR) is 91.8 cm³/mol. The molecular formula is C16H15N5O2S. The number of aromatic nitrogens is 3. The van der Waals surface area contributed by atoms with E-state index in [1.165, 1.54) is 11.3 Å². The monoisotopic (exact) mass is 341 g/mol. The second-order valence-electron chi connectivity index (χ2n) is 4.89. The largest absolute Gasteiger partial charge is 0.457 e. The third-order valence-electron chi connectivity index (χ3n) is 3.02. The third kappa shape index (κ3) is 4.50. The van der Waals surface area contributed by atoms with Crippen molar-refractivity contribution in [3.8, 4) is 0 Å². The number of rotatable bonds is 6. The number of ether oxygens (including phenoxy) is 1. The number of nitrogens with two attached hydrogens (primary N) is 1. The van der Waals surface area contributed by atoms with E-state index in [2.05, 4.69) is 20.3 Å². The first-order chi connectivity index (χ1) is 11.7. The lowest BCUT2D eigenvalue weighted by molar-refractivity contribution is -0.144. The summed E-state index contributed by atoms with van der Waals surface area (Å²) in [6.07, 6.45) is 0.221. The Morgan fingerprint density at radius 3 is 2.75 bits per heavy atom. The highest BCUT2D eigenvalue weighted by molar-refractivity contribution is 7.07. The van der Waals surface area contributed by atoms with Gasteiger partial charge in [0.05, 0.1) is 6.42 Å². The fraction of sp³-hybridized carbons (Fsp3) is 0.125. The average Bonchev–Trinajstić information content (AvgIpc) is 3.06. The maximum absolute atomic E-state index is 11.8. The van der Waals surface area contributed by atoms with Crippen molar-refractivity contribution in [1.82, 2.24) is 15.0 Å². The van der Waals surface area contributed by atoms with Crippen molar-refractivity contribution < 1.29 is 9.53 Å². The molecule has 7 nitrogen and oxygen atoms in total. The molecule has 24 heavy (non-hydrogen) atoms. The quantitative estimate of drug-likeness (QED) is 0.664. The van der Waals surface area contributed by atoms with E-state index in [-0.39, 0.29) is 24.9 Å². The molecule has 0 radical (unpaired) electrons. The number of carbonyl (C=O) groups is 1. The highest BCUT2D eigenvalue weighted by Crippen LogP contribution is 2.13. The summed E-state index contributed by atoms with van der Waals surface area (Å²) in [5, 5.41) is 6.85. The Kier molecular flexibility index (Phi) is 4.97. The maximum Gasteiger partial charge on any atom is 0.310 e. The molecule has 0 saturated carbocycles. The molecule has 0 aliphatic carbocycles. The lowest BCUT2D eigenvalue weighted by atomic mass is 10.2. The highest BCUT2D eigenvalue weighted by atomic mass is 32.1. The number of nitrogens with one attached hydrogen (secondary N) is 1. The highest BCUT2D eigenvalue weighted by Gasteiger charge is 2.09. The summed E-state index contributed by atoms with van der Waals surface area (Å²) in [4.78, 5) is 24.0. The van der Waals surface area contributed by atoms with Crippen LogP contribution < -0.4 is 11.1 Å². The number of esters is 1. The van der Waals surface area contributed by atoms with Crippen molar-refractivity contribution in [2.24, 2.45) is 0 Å². The zero-order valence-corrected chi connectivity index (χ0v) is 13.5. The van der Waals surface area contributed by atoms with Crippen molar-refractivity contribution >= 4 is 34.9 Å². The summed E-state index contributed by atoms with van der Waals surface area (Å²) in [5.41, 5.74) is 7.43. The van der Waals surface area contributed by atoms with Crippen molar-refractivity contribution in [2.45, 2.75) is 13.0 Å². The molecule has 0 saturated heterocycles. The fourth-order valence-electron chi connectivity index (χ4n) is 1.96. The summed E-state index contributed by atoms with van der Waals surface area (Å²) in [5.74, 6) is 0.314. The van der Waals surface area contributed by atoms with E-state index in [0.717, 1.165) is 11.3 Å². The summed E-state index contributed by atoms with van der Waals surface area (Å²) in [7, 11) is 0. The molecule has 3 aromatic rings. The zero-order chi connectivity index (χ0) is 16.8. The van der Waals surface area contributed by atoms with Gasteiger partial charge in [-0.15, -0.1) is 0 Å². The van der Waals surface area contributed by atoms with Crippen LogP contribution in [0.1, 0.15) is 11.4 Å². The number of carbonyl (C=O) groups excluding carboxylic acids is 1. The van der Waals surface area contributed by atoms with E-state index in [1.807, 2.05) is 47.2 Å². The summed E-state index contributed by atoms with van der Waals surface area (Å²) >= 11 is 1.54. The molecule has 0 aliphatic rings. The Morgan fingerprint density at radius 1 is 1.17 bits per heavy atom. The molecule has 3 N–H and O–H groups in total. The molecule has 2 aromatic heterocycles. The Morgan fingerprint density at radius 2 is 2.00 bits per heavy atom. The van der Waals surface area contributed by atoms with Crippen molar-refractivity contribution in [2.75, 3.05) is 11.1 Å². The fourth-order valence-corrected chi connectivity index (χ4v) is 2.63. The predicted octanol–water partition coefficient (Wildman–Crippen LogP) is 2.54. The van der Waals surface area contributed by atoms with Gasteiger partial charge < -0.3 is 15.8 Å². The Hall–Kier alpha value is -3.00. The van der Waals surface area contributed by atoms with Crippen LogP contribution in [-0.2, 0) is 22.6 Å². The molecule has 1 aromatic carbocycles. The van der Waals surface area contributed by atoms with Crippen LogP contribution in [0.25, 0.3) is 0 Å². The number of benzene rings is 1. The Balaban J connectivity index is 1.62. The SMILES string of the molecule is Nc1nc(COC(=O)Cc2ccsc2)nc(Nc2ccccc2)n1. The molecular weight excluding hydrogens is 326 g/mol. The van der Waals surface area contributed by atoms with Gasteiger partial charge in [0.15, 0.2) is 12.4 Å². The van der Waals surface area contributed by atoms with E-state index in [1.54, 1.807) is 0 Å². The molecule has 2 heterocycles. The van der Waals surface area contributed by atoms with E-state index in [9.17, 15) is 4.79 Å². The standard InChI is InChI=1S/C16H15N5O2S/c17-15-19-13(9-23-14(22)8-11-6-7-24-10-11)20-16(21-15)18-12-4-2-1-3-5-12/h1-7,10H,8-9H2,(H3,17,18,19,20,21). The van der Waals surface area contributed by atoms with E-state index in [0.29, 0.717) is 11.8 Å². The van der Waals surface area contributed by atoms with Crippen LogP contribution in [0, 0.1) is 0 Å². The number of hydrogen-bond donors (Lipinski definition) is 2. The van der Waals surface area contributed by atoms with Gasteiger partial charge in [-0.25, -0.2) is 0 Å². The van der Waals surface area contributed by atoms with E-state index >= 15 is 0 Å². The lowest BCUT2D eigenvalue weighted by Gasteiger charge is -2.08. The maximum atomic E-state index is 11.8. The minimum absolute atomic E-state index is 0.0564. The van der Waals surface area contributed by atoms with Crippen LogP contribution >= 0.6 is 11.3 Å². The van der Waals surface area contributed by atoms with Crippen molar-refractivity contribution in [1.29, 1.82) is 0 Å². The molecule has 0 amide bonds. The molecule has 0 unspecified atom stereocenters. The number of nitrogen functional groups attached to an aromatic ring is 1. The number of thiophene rings is 1. The Labute approximate surface area is 142 Å². The molecule has 0 aliphatic heterocycles. The number of anilines is 3. The van der Waals surface area contributed by atoms with Crippen LogP contribution in [0.5, 0.6) is 0 Å². The average molecular weight is 341 g/mol. The van der Waals surface area contributed by atoms with Gasteiger partial charge in [-0.1, -0.05) is 18.2 Å². The number of hydrogen-bond acceptors (Lipinski definition) is 8. The first-order valence-electron chi connectivity index (χ1n) is 7.18. The van der Waals surface area contributed by atoms with Crippen molar-refractivity contribution in [3.63, 3.8) is 0 Å². The molecule has 8 heteroatoms. The first kappa shape index (κ1) is 15.9. The second-order valence-corrected chi connectivity index (χ2v) is 5.67. The smallest absolute Gasteiger partial charge is 0.310 e. The molecule has 0 fully saturated rings. The minimum atomic E-state index is -0.343. The normalized spacial score (nSPS) is 10.3. The lowest BCUT2D eigenvalue weighted by Crippen LogP contribution is -2.12. The third-order valence-corrected chi connectivity index (χ3v) is 3.75. The van der Waals surface area contributed by atoms with Gasteiger partial charge in [0.1, 0.15) is 0 Å². The molecule has 3 rings (SSSR count). The Bertz CT molecular complexity index is 809. The number of para-hydroxylation sites is 1. The van der Waals surface area contributed by atoms with Gasteiger partial charge in [-0.05, 0) is 34.5 Å². The minimum Gasteiger partial charge on any atom is -0.457 e. The van der Waals surface area contributed by atoms with Gasteiger partial charge in [0.25, 0.3) is 0 Å². The zero-order valence-electron chi connectivity index (χ0n) is 12.7.